The lowest BCUT2D eigenvalue weighted by Crippen LogP contribution is -2.42. The predicted molar refractivity (Wildman–Crippen MR) is 94.3 cm³/mol. The highest BCUT2D eigenvalue weighted by molar-refractivity contribution is 5.89. The molecule has 2 N–H and O–H groups in total. The average molecular weight is 338 g/mol. The Balaban J connectivity index is 1.31. The Hall–Kier alpha value is -2.47. The van der Waals surface area contributed by atoms with Gasteiger partial charge in [0.2, 0.25) is 0 Å². The van der Waals surface area contributed by atoms with E-state index in [1.807, 2.05) is 18.2 Å². The van der Waals surface area contributed by atoms with Gasteiger partial charge >= 0.3 is 6.03 Å². The molecule has 0 bridgehead atoms. The van der Waals surface area contributed by atoms with E-state index in [-0.39, 0.29) is 18.2 Å². The van der Waals surface area contributed by atoms with E-state index in [1.165, 1.54) is 12.8 Å². The summed E-state index contributed by atoms with van der Waals surface area (Å²) in [6.07, 6.45) is 7.30. The van der Waals surface area contributed by atoms with E-state index >= 15 is 0 Å². The van der Waals surface area contributed by atoms with Crippen molar-refractivity contribution in [3.05, 3.63) is 54.1 Å². The van der Waals surface area contributed by atoms with Crippen LogP contribution in [0.15, 0.2) is 42.7 Å². The number of aromatic nitrogens is 2. The van der Waals surface area contributed by atoms with Crippen molar-refractivity contribution in [3.63, 3.8) is 0 Å². The number of nitrogens with one attached hydrogen (secondary N) is 2. The molecule has 1 aromatic heterocycles. The van der Waals surface area contributed by atoms with Crippen LogP contribution in [0.3, 0.4) is 0 Å². The molecule has 6 heteroatoms. The van der Waals surface area contributed by atoms with E-state index in [0.29, 0.717) is 18.2 Å². The quantitative estimate of drug-likeness (QED) is 0.896. The number of hydrogen-bond donors (Lipinski definition) is 2. The van der Waals surface area contributed by atoms with Crippen molar-refractivity contribution in [3.8, 4) is 0 Å². The maximum atomic E-state index is 12.2. The molecular weight excluding hydrogens is 316 g/mol. The maximum Gasteiger partial charge on any atom is 0.319 e. The number of hydrogen-bond acceptors (Lipinski definition) is 4. The molecule has 4 rings (SSSR count). The Morgan fingerprint density at radius 2 is 1.84 bits per heavy atom. The maximum absolute atomic E-state index is 12.2. The molecule has 2 heterocycles. The zero-order valence-corrected chi connectivity index (χ0v) is 14.0. The number of urea groups is 1. The highest BCUT2D eigenvalue weighted by Crippen LogP contribution is 2.37. The summed E-state index contributed by atoms with van der Waals surface area (Å²) in [5.74, 6) is 1.39. The van der Waals surface area contributed by atoms with E-state index in [4.69, 9.17) is 4.74 Å². The molecule has 1 saturated carbocycles. The first-order chi connectivity index (χ1) is 12.3. The monoisotopic (exact) mass is 338 g/mol. The van der Waals surface area contributed by atoms with Crippen LogP contribution in [-0.4, -0.2) is 28.6 Å². The van der Waals surface area contributed by atoms with Crippen LogP contribution in [0.1, 0.15) is 49.1 Å². The number of carbonyl (C=O) groups is 1. The molecule has 0 unspecified atom stereocenters. The summed E-state index contributed by atoms with van der Waals surface area (Å²) in [5, 5.41) is 5.85. The number of amides is 2. The van der Waals surface area contributed by atoms with E-state index in [0.717, 1.165) is 24.2 Å². The summed E-state index contributed by atoms with van der Waals surface area (Å²) < 4.78 is 5.84. The van der Waals surface area contributed by atoms with Crippen molar-refractivity contribution < 1.29 is 9.53 Å². The second kappa shape index (κ2) is 7.19. The summed E-state index contributed by atoms with van der Waals surface area (Å²) in [6, 6.07) is 10.00. The van der Waals surface area contributed by atoms with E-state index in [2.05, 4.69) is 32.7 Å². The summed E-state index contributed by atoms with van der Waals surface area (Å²) in [7, 11) is 0. The first-order valence-electron chi connectivity index (χ1n) is 8.84. The van der Waals surface area contributed by atoms with Gasteiger partial charge in [0.15, 0.2) is 0 Å². The minimum Gasteiger partial charge on any atom is -0.373 e. The highest BCUT2D eigenvalue weighted by Gasteiger charge is 2.27. The smallest absolute Gasteiger partial charge is 0.319 e. The highest BCUT2D eigenvalue weighted by atomic mass is 16.5. The minimum atomic E-state index is -0.221. The molecule has 25 heavy (non-hydrogen) atoms. The number of nitrogens with zero attached hydrogens (tertiary/aromatic N) is 2. The molecular formula is C19H22N4O2. The molecule has 1 aliphatic carbocycles. The molecule has 130 valence electrons. The molecule has 2 aromatic rings. The molecule has 2 atom stereocenters. The molecule has 2 fully saturated rings. The Bertz CT molecular complexity index is 716. The van der Waals surface area contributed by atoms with Crippen LogP contribution in [-0.2, 0) is 4.74 Å². The lowest BCUT2D eigenvalue weighted by atomic mass is 9.97. The fourth-order valence-corrected chi connectivity index (χ4v) is 3.14. The van der Waals surface area contributed by atoms with Crippen molar-refractivity contribution in [1.29, 1.82) is 0 Å². The van der Waals surface area contributed by atoms with E-state index in [1.54, 1.807) is 12.4 Å². The van der Waals surface area contributed by atoms with Gasteiger partial charge in [-0.05, 0) is 31.2 Å². The largest absolute Gasteiger partial charge is 0.373 e. The second-order valence-electron chi connectivity index (χ2n) is 6.69. The Kier molecular flexibility index (Phi) is 4.61. The molecule has 1 saturated heterocycles. The number of rotatable bonds is 4. The Morgan fingerprint density at radius 3 is 2.56 bits per heavy atom. The van der Waals surface area contributed by atoms with Gasteiger partial charge in [0.1, 0.15) is 5.82 Å². The molecule has 1 aromatic carbocycles. The first kappa shape index (κ1) is 16.0. The van der Waals surface area contributed by atoms with Gasteiger partial charge in [0.25, 0.3) is 0 Å². The number of carbonyl (C=O) groups excluding carboxylic acids is 1. The van der Waals surface area contributed by atoms with E-state index in [9.17, 15) is 4.79 Å². The zero-order valence-electron chi connectivity index (χ0n) is 14.0. The van der Waals surface area contributed by atoms with Crippen molar-refractivity contribution in [2.45, 2.75) is 43.7 Å². The van der Waals surface area contributed by atoms with Crippen LogP contribution in [0.2, 0.25) is 0 Å². The number of anilines is 1. The van der Waals surface area contributed by atoms with Gasteiger partial charge < -0.3 is 15.4 Å². The van der Waals surface area contributed by atoms with Crippen LogP contribution >= 0.6 is 0 Å². The SMILES string of the molecule is O=C(Nc1cnc(C2CC2)nc1)N[C@@H]1CCO[C@@H](c2ccccc2)C1. The molecule has 2 aliphatic rings. The van der Waals surface area contributed by atoms with Gasteiger partial charge in [0.05, 0.1) is 24.2 Å². The topological polar surface area (TPSA) is 76.1 Å². The van der Waals surface area contributed by atoms with Crippen LogP contribution in [0, 0.1) is 0 Å². The second-order valence-corrected chi connectivity index (χ2v) is 6.69. The third-order valence-electron chi connectivity index (χ3n) is 4.66. The molecule has 1 aliphatic heterocycles. The van der Waals surface area contributed by atoms with E-state index < -0.39 is 0 Å². The summed E-state index contributed by atoms with van der Waals surface area (Å²) >= 11 is 0. The third-order valence-corrected chi connectivity index (χ3v) is 4.66. The fourth-order valence-electron chi connectivity index (χ4n) is 3.14. The average Bonchev–Trinajstić information content (AvgIpc) is 3.48. The summed E-state index contributed by atoms with van der Waals surface area (Å²) in [5.41, 5.74) is 1.77. The zero-order chi connectivity index (χ0) is 17.1. The minimum absolute atomic E-state index is 0.0291. The third kappa shape index (κ3) is 4.14. The van der Waals surface area contributed by atoms with Crippen LogP contribution in [0.25, 0.3) is 0 Å². The van der Waals surface area contributed by atoms with Gasteiger partial charge in [-0.15, -0.1) is 0 Å². The van der Waals surface area contributed by atoms with Crippen molar-refractivity contribution in [1.82, 2.24) is 15.3 Å². The fraction of sp³-hybridized carbons (Fsp3) is 0.421. The van der Waals surface area contributed by atoms with Gasteiger partial charge in [-0.2, -0.15) is 0 Å². The van der Waals surface area contributed by atoms with Gasteiger partial charge in [-0.1, -0.05) is 30.3 Å². The van der Waals surface area contributed by atoms with Crippen LogP contribution in [0.4, 0.5) is 10.5 Å². The Labute approximate surface area is 147 Å². The summed E-state index contributed by atoms with van der Waals surface area (Å²) in [6.45, 7) is 0.643. The number of ether oxygens (including phenoxy) is 1. The lowest BCUT2D eigenvalue weighted by Gasteiger charge is -2.30. The van der Waals surface area contributed by atoms with Crippen LogP contribution < -0.4 is 10.6 Å². The van der Waals surface area contributed by atoms with Crippen molar-refractivity contribution in [2.24, 2.45) is 0 Å². The van der Waals surface area contributed by atoms with Crippen LogP contribution in [0.5, 0.6) is 0 Å². The molecule has 0 spiro atoms. The lowest BCUT2D eigenvalue weighted by molar-refractivity contribution is 0.00254. The number of benzene rings is 1. The summed E-state index contributed by atoms with van der Waals surface area (Å²) in [4.78, 5) is 20.9. The first-order valence-corrected chi connectivity index (χ1v) is 8.84. The Morgan fingerprint density at radius 1 is 1.08 bits per heavy atom. The van der Waals surface area contributed by atoms with Gasteiger partial charge in [-0.25, -0.2) is 14.8 Å². The molecule has 6 nitrogen and oxygen atoms in total. The van der Waals surface area contributed by atoms with Crippen molar-refractivity contribution >= 4 is 11.7 Å². The molecule has 0 radical (unpaired) electrons. The molecule has 2 amide bonds. The van der Waals surface area contributed by atoms with Crippen molar-refractivity contribution in [2.75, 3.05) is 11.9 Å². The normalized spacial score (nSPS) is 23.0. The predicted octanol–water partition coefficient (Wildman–Crippen LogP) is 3.40. The standard InChI is InChI=1S/C19H22N4O2/c24-19(23-16-11-20-18(21-12-16)14-6-7-14)22-15-8-9-25-17(10-15)13-4-2-1-3-5-13/h1-5,11-12,14-15,17H,6-10H2,(H2,22,23,24)/t15-,17-/m1/s1. The van der Waals surface area contributed by atoms with Gasteiger partial charge in [-0.3, -0.25) is 0 Å². The van der Waals surface area contributed by atoms with Gasteiger partial charge in [0, 0.05) is 18.6 Å².